The number of hydrogen-bond donors (Lipinski definition) is 3. The van der Waals surface area contributed by atoms with E-state index in [1.54, 1.807) is 20.9 Å². The van der Waals surface area contributed by atoms with Crippen molar-refractivity contribution in [3.05, 3.63) is 95.6 Å². The van der Waals surface area contributed by atoms with Gasteiger partial charge in [0.2, 0.25) is 5.91 Å². The van der Waals surface area contributed by atoms with Crippen LogP contribution in [0.3, 0.4) is 0 Å². The van der Waals surface area contributed by atoms with Crippen LogP contribution in [0.25, 0.3) is 11.1 Å². The molecule has 0 bridgehead atoms. The largest absolute Gasteiger partial charge is 0.480 e. The molecule has 0 radical (unpaired) electrons. The topological polar surface area (TPSA) is 108 Å². The smallest absolute Gasteiger partial charge is 0.408 e. The quantitative estimate of drug-likeness (QED) is 0.340. The predicted octanol–water partition coefficient (Wildman–Crippen LogP) is 4.40. The van der Waals surface area contributed by atoms with Crippen molar-refractivity contribution in [1.29, 1.82) is 0 Å². The molecular formula is C31H35N3O5. The Bertz CT molecular complexity index is 1280. The molecule has 4 rings (SSSR count). The first kappa shape index (κ1) is 27.9. The molecule has 1 aliphatic rings. The number of nitrogens with zero attached hydrogens (tertiary/aromatic N) is 1. The lowest BCUT2D eigenvalue weighted by atomic mass is 9.97. The molecular weight excluding hydrogens is 494 g/mol. The van der Waals surface area contributed by atoms with Crippen molar-refractivity contribution in [3.63, 3.8) is 0 Å². The van der Waals surface area contributed by atoms with Crippen molar-refractivity contribution >= 4 is 18.0 Å². The van der Waals surface area contributed by atoms with Gasteiger partial charge >= 0.3 is 12.1 Å². The molecule has 0 fully saturated rings. The van der Waals surface area contributed by atoms with Crippen LogP contribution in [-0.2, 0) is 20.9 Å². The number of carboxylic acid groups (broad SMARTS) is 1. The molecule has 0 spiro atoms. The fourth-order valence-corrected chi connectivity index (χ4v) is 4.94. The molecule has 204 valence electrons. The van der Waals surface area contributed by atoms with E-state index in [0.29, 0.717) is 6.54 Å². The molecule has 0 heterocycles. The first-order valence-electron chi connectivity index (χ1n) is 13.1. The molecule has 2 unspecified atom stereocenters. The number of benzene rings is 3. The standard InChI is InChI=1S/C31H35N3O5/c1-4-31(2,29(37)32-27(28(35)36)19-34(3)18-21-12-6-5-7-13-21)33-30(38)39-20-26-24-16-10-8-14-22(24)23-15-9-11-17-25(23)26/h5-17,26-27H,4,18-20H2,1-3H3,(H,32,37)(H,33,38)(H,35,36). The van der Waals surface area contributed by atoms with Crippen molar-refractivity contribution in [2.45, 2.75) is 44.3 Å². The van der Waals surface area contributed by atoms with Gasteiger partial charge in [-0.3, -0.25) is 9.69 Å². The Morgan fingerprint density at radius 1 is 0.949 bits per heavy atom. The maximum absolute atomic E-state index is 13.2. The minimum Gasteiger partial charge on any atom is -0.480 e. The van der Waals surface area contributed by atoms with Crippen LogP contribution < -0.4 is 10.6 Å². The molecule has 0 saturated carbocycles. The zero-order chi connectivity index (χ0) is 28.0. The lowest BCUT2D eigenvalue weighted by Gasteiger charge is -2.30. The van der Waals surface area contributed by atoms with Crippen LogP contribution in [0.1, 0.15) is 42.9 Å². The highest BCUT2D eigenvalue weighted by atomic mass is 16.5. The first-order valence-corrected chi connectivity index (χ1v) is 13.1. The number of alkyl carbamates (subject to hydrolysis) is 1. The van der Waals surface area contributed by atoms with Gasteiger partial charge in [0.1, 0.15) is 18.2 Å². The number of carbonyl (C=O) groups excluding carboxylic acids is 2. The molecule has 0 saturated heterocycles. The van der Waals surface area contributed by atoms with E-state index >= 15 is 0 Å². The highest BCUT2D eigenvalue weighted by molar-refractivity contribution is 5.92. The van der Waals surface area contributed by atoms with E-state index in [0.717, 1.165) is 27.8 Å². The number of amides is 2. The summed E-state index contributed by atoms with van der Waals surface area (Å²) in [6.07, 6.45) is -0.487. The summed E-state index contributed by atoms with van der Waals surface area (Å²) in [5.41, 5.74) is 4.10. The van der Waals surface area contributed by atoms with Crippen molar-refractivity contribution in [2.75, 3.05) is 20.2 Å². The van der Waals surface area contributed by atoms with Gasteiger partial charge in [0, 0.05) is 19.0 Å². The summed E-state index contributed by atoms with van der Waals surface area (Å²) in [6, 6.07) is 24.6. The average molecular weight is 530 g/mol. The highest BCUT2D eigenvalue weighted by Crippen LogP contribution is 2.44. The lowest BCUT2D eigenvalue weighted by molar-refractivity contribution is -0.143. The van der Waals surface area contributed by atoms with Crippen molar-refractivity contribution in [3.8, 4) is 11.1 Å². The molecule has 0 aromatic heterocycles. The number of aliphatic carboxylic acids is 1. The summed E-state index contributed by atoms with van der Waals surface area (Å²) < 4.78 is 5.62. The average Bonchev–Trinajstić information content (AvgIpc) is 3.25. The second-order valence-corrected chi connectivity index (χ2v) is 10.2. The summed E-state index contributed by atoms with van der Waals surface area (Å²) in [7, 11) is 1.79. The number of ether oxygens (including phenoxy) is 1. The van der Waals surface area contributed by atoms with Gasteiger partial charge in [-0.1, -0.05) is 85.8 Å². The Balaban J connectivity index is 1.37. The summed E-state index contributed by atoms with van der Waals surface area (Å²) in [4.78, 5) is 39.9. The van der Waals surface area contributed by atoms with Gasteiger partial charge in [0.15, 0.2) is 0 Å². The van der Waals surface area contributed by atoms with Gasteiger partial charge in [0.25, 0.3) is 0 Å². The predicted molar refractivity (Wildman–Crippen MR) is 149 cm³/mol. The van der Waals surface area contributed by atoms with Crippen LogP contribution >= 0.6 is 0 Å². The SMILES string of the molecule is CCC(C)(NC(=O)OCC1c2ccccc2-c2ccccc21)C(=O)NC(CN(C)Cc1ccccc1)C(=O)O. The second-order valence-electron chi connectivity index (χ2n) is 10.2. The van der Waals surface area contributed by atoms with Gasteiger partial charge < -0.3 is 20.5 Å². The zero-order valence-corrected chi connectivity index (χ0v) is 22.5. The molecule has 1 aliphatic carbocycles. The van der Waals surface area contributed by atoms with Gasteiger partial charge in [-0.2, -0.15) is 0 Å². The third kappa shape index (κ3) is 6.46. The minimum atomic E-state index is -1.35. The number of carbonyl (C=O) groups is 3. The fourth-order valence-electron chi connectivity index (χ4n) is 4.94. The Kier molecular flexibility index (Phi) is 8.66. The van der Waals surface area contributed by atoms with E-state index in [-0.39, 0.29) is 25.5 Å². The molecule has 2 amide bonds. The maximum Gasteiger partial charge on any atom is 0.408 e. The first-order chi connectivity index (χ1) is 18.7. The van der Waals surface area contributed by atoms with Gasteiger partial charge in [-0.05, 0) is 48.2 Å². The number of hydrogen-bond acceptors (Lipinski definition) is 5. The van der Waals surface area contributed by atoms with Crippen LogP contribution in [0.4, 0.5) is 4.79 Å². The van der Waals surface area contributed by atoms with Crippen LogP contribution in [0.15, 0.2) is 78.9 Å². The summed E-state index contributed by atoms with van der Waals surface area (Å²) >= 11 is 0. The van der Waals surface area contributed by atoms with Gasteiger partial charge in [0.05, 0.1) is 0 Å². The number of likely N-dealkylation sites (N-methyl/N-ethyl adjacent to an activating group) is 1. The Morgan fingerprint density at radius 2 is 1.51 bits per heavy atom. The van der Waals surface area contributed by atoms with Gasteiger partial charge in [-0.15, -0.1) is 0 Å². The van der Waals surface area contributed by atoms with E-state index in [1.807, 2.05) is 71.6 Å². The lowest BCUT2D eigenvalue weighted by Crippen LogP contribution is -2.60. The number of carboxylic acids is 1. The minimum absolute atomic E-state index is 0.0979. The molecule has 2 atom stereocenters. The van der Waals surface area contributed by atoms with E-state index in [4.69, 9.17) is 4.74 Å². The third-order valence-electron chi connectivity index (χ3n) is 7.32. The van der Waals surface area contributed by atoms with E-state index in [1.165, 1.54) is 0 Å². The number of nitrogens with one attached hydrogen (secondary N) is 2. The monoisotopic (exact) mass is 529 g/mol. The van der Waals surface area contributed by atoms with Crippen molar-refractivity contribution < 1.29 is 24.2 Å². The molecule has 8 heteroatoms. The second kappa shape index (κ2) is 12.1. The van der Waals surface area contributed by atoms with Crippen LogP contribution in [0.5, 0.6) is 0 Å². The van der Waals surface area contributed by atoms with E-state index < -0.39 is 29.6 Å². The summed E-state index contributed by atoms with van der Waals surface area (Å²) in [6.45, 7) is 4.06. The van der Waals surface area contributed by atoms with Gasteiger partial charge in [-0.25, -0.2) is 9.59 Å². The summed E-state index contributed by atoms with van der Waals surface area (Å²) in [5, 5.41) is 15.0. The number of rotatable bonds is 11. The molecule has 0 aliphatic heterocycles. The fraction of sp³-hybridized carbons (Fsp3) is 0.323. The zero-order valence-electron chi connectivity index (χ0n) is 22.5. The molecule has 3 N–H and O–H groups in total. The Hall–Kier alpha value is -4.17. The summed E-state index contributed by atoms with van der Waals surface area (Å²) in [5.74, 6) is -1.84. The Labute approximate surface area is 229 Å². The molecule has 3 aromatic rings. The number of fused-ring (bicyclic) bond motifs is 3. The van der Waals surface area contributed by atoms with E-state index in [2.05, 4.69) is 22.8 Å². The molecule has 8 nitrogen and oxygen atoms in total. The Morgan fingerprint density at radius 3 is 2.08 bits per heavy atom. The van der Waals surface area contributed by atoms with E-state index in [9.17, 15) is 19.5 Å². The molecule has 39 heavy (non-hydrogen) atoms. The van der Waals surface area contributed by atoms with Crippen molar-refractivity contribution in [2.24, 2.45) is 0 Å². The highest BCUT2D eigenvalue weighted by Gasteiger charge is 2.37. The molecule has 3 aromatic carbocycles. The third-order valence-corrected chi connectivity index (χ3v) is 7.32. The van der Waals surface area contributed by atoms with Crippen LogP contribution in [0, 0.1) is 0 Å². The van der Waals surface area contributed by atoms with Crippen molar-refractivity contribution in [1.82, 2.24) is 15.5 Å². The normalized spacial score (nSPS) is 14.6. The van der Waals surface area contributed by atoms with Crippen LogP contribution in [0.2, 0.25) is 0 Å². The van der Waals surface area contributed by atoms with Crippen LogP contribution in [-0.4, -0.2) is 59.8 Å². The maximum atomic E-state index is 13.2.